The average molecular weight is 386 g/mol. The molecule has 0 aliphatic rings. The van der Waals surface area contributed by atoms with E-state index in [9.17, 15) is 9.18 Å². The second-order valence-corrected chi connectivity index (χ2v) is 6.40. The van der Waals surface area contributed by atoms with Gasteiger partial charge >= 0.3 is 0 Å². The molecule has 7 heteroatoms. The Morgan fingerprint density at radius 1 is 1.24 bits per heavy atom. The van der Waals surface area contributed by atoms with Gasteiger partial charge in [-0.25, -0.2) is 4.39 Å². The standard InChI is InChI=1S/C18H18Cl2FNO3/c1-18(24-2,13-5-3-4-6-15(13)21)11-22-17(23)10-25-16-8-7-12(19)9-14(16)20/h3-9H,10-11H2,1-2H3,(H,22,23)/t18-/m0/s1. The van der Waals surface area contributed by atoms with Crippen LogP contribution in [-0.4, -0.2) is 26.2 Å². The number of hydrogen-bond donors (Lipinski definition) is 1. The molecule has 0 radical (unpaired) electrons. The fraction of sp³-hybridized carbons (Fsp3) is 0.278. The van der Waals surface area contributed by atoms with Crippen LogP contribution in [0.2, 0.25) is 10.0 Å². The number of methoxy groups -OCH3 is 1. The molecular formula is C18H18Cl2FNO3. The minimum absolute atomic E-state index is 0.0843. The molecule has 0 aliphatic carbocycles. The first-order chi connectivity index (χ1) is 11.9. The summed E-state index contributed by atoms with van der Waals surface area (Å²) in [5.41, 5.74) is -0.640. The van der Waals surface area contributed by atoms with E-state index < -0.39 is 11.4 Å². The monoisotopic (exact) mass is 385 g/mol. The number of carbonyl (C=O) groups excluding carboxylic acids is 1. The van der Waals surface area contributed by atoms with E-state index in [0.29, 0.717) is 21.4 Å². The summed E-state index contributed by atoms with van der Waals surface area (Å²) >= 11 is 11.8. The second kappa shape index (κ2) is 8.52. The molecule has 1 N–H and O–H groups in total. The Bertz CT molecular complexity index is 757. The van der Waals surface area contributed by atoms with Crippen LogP contribution in [0.25, 0.3) is 0 Å². The second-order valence-electron chi connectivity index (χ2n) is 5.55. The highest BCUT2D eigenvalue weighted by atomic mass is 35.5. The molecule has 4 nitrogen and oxygen atoms in total. The third-order valence-corrected chi connectivity index (χ3v) is 4.30. The Labute approximate surface area is 155 Å². The SMILES string of the molecule is CO[C@@](C)(CNC(=O)COc1ccc(Cl)cc1Cl)c1ccccc1F. The molecule has 0 heterocycles. The highest BCUT2D eigenvalue weighted by Gasteiger charge is 2.29. The molecule has 25 heavy (non-hydrogen) atoms. The van der Waals surface area contributed by atoms with E-state index in [1.807, 2.05) is 0 Å². The highest BCUT2D eigenvalue weighted by molar-refractivity contribution is 6.35. The fourth-order valence-electron chi connectivity index (χ4n) is 2.22. The van der Waals surface area contributed by atoms with Crippen LogP contribution in [0.5, 0.6) is 5.75 Å². The summed E-state index contributed by atoms with van der Waals surface area (Å²) in [7, 11) is 1.46. The van der Waals surface area contributed by atoms with Crippen molar-refractivity contribution in [2.45, 2.75) is 12.5 Å². The van der Waals surface area contributed by atoms with Crippen molar-refractivity contribution < 1.29 is 18.7 Å². The Balaban J connectivity index is 1.95. The number of nitrogens with one attached hydrogen (secondary N) is 1. The Morgan fingerprint density at radius 2 is 1.96 bits per heavy atom. The van der Waals surface area contributed by atoms with E-state index in [0.717, 1.165) is 0 Å². The number of hydrogen-bond acceptors (Lipinski definition) is 3. The van der Waals surface area contributed by atoms with Gasteiger partial charge in [0.15, 0.2) is 6.61 Å². The van der Waals surface area contributed by atoms with Gasteiger partial charge in [0.1, 0.15) is 17.2 Å². The number of benzene rings is 2. The third-order valence-electron chi connectivity index (χ3n) is 3.77. The van der Waals surface area contributed by atoms with E-state index in [1.54, 1.807) is 37.3 Å². The van der Waals surface area contributed by atoms with E-state index in [1.165, 1.54) is 19.2 Å². The molecule has 0 fully saturated rings. The summed E-state index contributed by atoms with van der Waals surface area (Å²) in [4.78, 5) is 12.0. The van der Waals surface area contributed by atoms with Gasteiger partial charge < -0.3 is 14.8 Å². The minimum Gasteiger partial charge on any atom is -0.482 e. The highest BCUT2D eigenvalue weighted by Crippen LogP contribution is 2.28. The van der Waals surface area contributed by atoms with Crippen LogP contribution >= 0.6 is 23.2 Å². The van der Waals surface area contributed by atoms with Crippen molar-refractivity contribution in [2.75, 3.05) is 20.3 Å². The van der Waals surface area contributed by atoms with Gasteiger partial charge in [-0.15, -0.1) is 0 Å². The van der Waals surface area contributed by atoms with Crippen LogP contribution in [0.15, 0.2) is 42.5 Å². The van der Waals surface area contributed by atoms with E-state index in [2.05, 4.69) is 5.32 Å². The number of halogens is 3. The van der Waals surface area contributed by atoms with Gasteiger partial charge in [-0.3, -0.25) is 4.79 Å². The predicted octanol–water partition coefficient (Wildman–Crippen LogP) is 4.19. The van der Waals surface area contributed by atoms with Gasteiger partial charge in [0.25, 0.3) is 5.91 Å². The maximum Gasteiger partial charge on any atom is 0.258 e. The number of carbonyl (C=O) groups is 1. The minimum atomic E-state index is -1.00. The molecule has 0 saturated carbocycles. The summed E-state index contributed by atoms with van der Waals surface area (Å²) in [5, 5.41) is 3.46. The molecule has 0 unspecified atom stereocenters. The molecule has 0 aliphatic heterocycles. The Morgan fingerprint density at radius 3 is 2.60 bits per heavy atom. The zero-order valence-corrected chi connectivity index (χ0v) is 15.3. The molecule has 2 aromatic rings. The van der Waals surface area contributed by atoms with E-state index in [4.69, 9.17) is 32.7 Å². The summed E-state index contributed by atoms with van der Waals surface area (Å²) < 4.78 is 24.8. The molecule has 1 atom stereocenters. The van der Waals surface area contributed by atoms with Crippen LogP contribution in [-0.2, 0) is 15.1 Å². The van der Waals surface area contributed by atoms with Gasteiger partial charge in [0, 0.05) is 17.7 Å². The van der Waals surface area contributed by atoms with Crippen LogP contribution in [0.3, 0.4) is 0 Å². The van der Waals surface area contributed by atoms with Crippen molar-refractivity contribution in [1.29, 1.82) is 0 Å². The molecule has 2 rings (SSSR count). The van der Waals surface area contributed by atoms with Crippen molar-refractivity contribution in [3.63, 3.8) is 0 Å². The first kappa shape index (κ1) is 19.5. The van der Waals surface area contributed by atoms with Crippen molar-refractivity contribution in [3.8, 4) is 5.75 Å². The van der Waals surface area contributed by atoms with Gasteiger partial charge in [-0.1, -0.05) is 41.4 Å². The van der Waals surface area contributed by atoms with Crippen LogP contribution in [0.1, 0.15) is 12.5 Å². The fourth-order valence-corrected chi connectivity index (χ4v) is 2.68. The Hall–Kier alpha value is -1.82. The quantitative estimate of drug-likeness (QED) is 0.777. The summed E-state index contributed by atoms with van der Waals surface area (Å²) in [6.07, 6.45) is 0. The number of amides is 1. The summed E-state index contributed by atoms with van der Waals surface area (Å²) in [6.45, 7) is 1.54. The predicted molar refractivity (Wildman–Crippen MR) is 95.7 cm³/mol. The topological polar surface area (TPSA) is 47.6 Å². The van der Waals surface area contributed by atoms with E-state index in [-0.39, 0.29) is 19.1 Å². The average Bonchev–Trinajstić information content (AvgIpc) is 2.59. The van der Waals surface area contributed by atoms with Gasteiger partial charge in [-0.2, -0.15) is 0 Å². The summed E-state index contributed by atoms with van der Waals surface area (Å²) in [5.74, 6) is -0.430. The van der Waals surface area contributed by atoms with Crippen molar-refractivity contribution in [2.24, 2.45) is 0 Å². The van der Waals surface area contributed by atoms with Crippen molar-refractivity contribution in [3.05, 3.63) is 63.9 Å². The lowest BCUT2D eigenvalue weighted by Crippen LogP contribution is -2.42. The van der Waals surface area contributed by atoms with E-state index >= 15 is 0 Å². The molecule has 134 valence electrons. The molecular weight excluding hydrogens is 368 g/mol. The smallest absolute Gasteiger partial charge is 0.258 e. The largest absolute Gasteiger partial charge is 0.482 e. The van der Waals surface area contributed by atoms with Gasteiger partial charge in [0.05, 0.1) is 11.6 Å². The normalized spacial score (nSPS) is 13.2. The van der Waals surface area contributed by atoms with Crippen LogP contribution in [0.4, 0.5) is 4.39 Å². The van der Waals surface area contributed by atoms with Crippen LogP contribution in [0, 0.1) is 5.82 Å². The molecule has 0 aromatic heterocycles. The van der Waals surface area contributed by atoms with Crippen LogP contribution < -0.4 is 10.1 Å². The third kappa shape index (κ3) is 5.08. The number of rotatable bonds is 7. The van der Waals surface area contributed by atoms with Gasteiger partial charge in [-0.05, 0) is 31.2 Å². The lowest BCUT2D eigenvalue weighted by molar-refractivity contribution is -0.124. The lowest BCUT2D eigenvalue weighted by atomic mass is 9.95. The molecule has 0 spiro atoms. The number of ether oxygens (including phenoxy) is 2. The zero-order valence-electron chi connectivity index (χ0n) is 13.8. The first-order valence-corrected chi connectivity index (χ1v) is 8.26. The summed E-state index contributed by atoms with van der Waals surface area (Å²) in [6, 6.07) is 11.0. The van der Waals surface area contributed by atoms with Crippen molar-refractivity contribution in [1.82, 2.24) is 5.32 Å². The zero-order chi connectivity index (χ0) is 18.4. The molecule has 2 aromatic carbocycles. The molecule has 0 bridgehead atoms. The maximum absolute atomic E-state index is 14.0. The maximum atomic E-state index is 14.0. The Kier molecular flexibility index (Phi) is 6.64. The molecule has 0 saturated heterocycles. The van der Waals surface area contributed by atoms with Gasteiger partial charge in [0.2, 0.25) is 0 Å². The first-order valence-electron chi connectivity index (χ1n) is 7.50. The molecule has 1 amide bonds. The lowest BCUT2D eigenvalue weighted by Gasteiger charge is -2.29. The van der Waals surface area contributed by atoms with Crippen molar-refractivity contribution >= 4 is 29.1 Å².